The molecule has 0 bridgehead atoms. The number of amides is 1. The molecule has 2 aromatic heterocycles. The van der Waals surface area contributed by atoms with E-state index >= 15 is 0 Å². The lowest BCUT2D eigenvalue weighted by atomic mass is 10.1. The highest BCUT2D eigenvalue weighted by Crippen LogP contribution is 2.27. The van der Waals surface area contributed by atoms with Crippen molar-refractivity contribution in [2.75, 3.05) is 0 Å². The van der Waals surface area contributed by atoms with Crippen molar-refractivity contribution in [2.45, 2.75) is 46.8 Å². The Morgan fingerprint density at radius 1 is 1.03 bits per heavy atom. The van der Waals surface area contributed by atoms with Crippen LogP contribution in [-0.4, -0.2) is 36.8 Å². The molecule has 0 aliphatic heterocycles. The first-order chi connectivity index (χ1) is 16.3. The van der Waals surface area contributed by atoms with Crippen molar-refractivity contribution >= 4 is 28.3 Å². The number of nitrogens with zero attached hydrogens (tertiary/aromatic N) is 5. The maximum absolute atomic E-state index is 13.7. The van der Waals surface area contributed by atoms with Gasteiger partial charge in [0.15, 0.2) is 5.69 Å². The predicted molar refractivity (Wildman–Crippen MR) is 131 cm³/mol. The smallest absolute Gasteiger partial charge is 0.275 e. The first-order valence-electron chi connectivity index (χ1n) is 11.1. The van der Waals surface area contributed by atoms with E-state index in [1.807, 2.05) is 39.8 Å². The second kappa shape index (κ2) is 9.77. The molecule has 9 heteroatoms. The van der Waals surface area contributed by atoms with E-state index in [4.69, 9.17) is 16.0 Å². The lowest BCUT2D eigenvalue weighted by molar-refractivity contribution is 0.0665. The van der Waals surface area contributed by atoms with Crippen molar-refractivity contribution in [1.82, 2.24) is 24.9 Å². The Morgan fingerprint density at radius 2 is 1.71 bits per heavy atom. The van der Waals surface area contributed by atoms with Crippen LogP contribution < -0.4 is 5.56 Å². The van der Waals surface area contributed by atoms with Gasteiger partial charge in [0.2, 0.25) is 11.8 Å². The second-order valence-corrected chi connectivity index (χ2v) is 9.19. The number of carbonyl (C=O) groups excluding carboxylic acids is 1. The quantitative estimate of drug-likeness (QED) is 0.377. The van der Waals surface area contributed by atoms with Crippen molar-refractivity contribution in [3.8, 4) is 11.5 Å². The van der Waals surface area contributed by atoms with Crippen molar-refractivity contribution in [3.63, 3.8) is 0 Å². The summed E-state index contributed by atoms with van der Waals surface area (Å²) < 4.78 is 7.20. The van der Waals surface area contributed by atoms with Gasteiger partial charge in [0.25, 0.3) is 11.5 Å². The van der Waals surface area contributed by atoms with Gasteiger partial charge in [-0.25, -0.2) is 4.68 Å². The third kappa shape index (κ3) is 4.72. The molecule has 1 amide bonds. The fourth-order valence-electron chi connectivity index (χ4n) is 3.69. The summed E-state index contributed by atoms with van der Waals surface area (Å²) in [5.41, 5.74) is 0.632. The minimum absolute atomic E-state index is 0.0905. The molecule has 0 N–H and O–H groups in total. The summed E-state index contributed by atoms with van der Waals surface area (Å²) in [7, 11) is 0. The van der Waals surface area contributed by atoms with Gasteiger partial charge in [0.05, 0.1) is 22.5 Å². The van der Waals surface area contributed by atoms with Crippen LogP contribution in [0.4, 0.5) is 0 Å². The molecular weight excluding hydrogens is 454 g/mol. The molecular formula is C25H26ClN5O3. The van der Waals surface area contributed by atoms with Gasteiger partial charge in [0.1, 0.15) is 0 Å². The van der Waals surface area contributed by atoms with Gasteiger partial charge in [-0.15, -0.1) is 10.2 Å². The van der Waals surface area contributed by atoms with Gasteiger partial charge in [-0.05, 0) is 38.0 Å². The Morgan fingerprint density at radius 3 is 2.38 bits per heavy atom. The van der Waals surface area contributed by atoms with E-state index in [2.05, 4.69) is 15.3 Å². The van der Waals surface area contributed by atoms with Crippen LogP contribution in [-0.2, 0) is 13.1 Å². The number of fused-ring (bicyclic) bond motifs is 1. The van der Waals surface area contributed by atoms with Crippen LogP contribution in [0.5, 0.6) is 0 Å². The number of hydrogen-bond acceptors (Lipinski definition) is 6. The van der Waals surface area contributed by atoms with Crippen molar-refractivity contribution in [1.29, 1.82) is 0 Å². The van der Waals surface area contributed by atoms with Crippen LogP contribution in [0, 0.1) is 5.92 Å². The molecule has 4 aromatic rings. The molecule has 2 aromatic carbocycles. The molecule has 34 heavy (non-hydrogen) atoms. The summed E-state index contributed by atoms with van der Waals surface area (Å²) in [5.74, 6) is 0.431. The topological polar surface area (TPSA) is 94.1 Å². The second-order valence-electron chi connectivity index (χ2n) is 8.78. The van der Waals surface area contributed by atoms with Gasteiger partial charge < -0.3 is 9.32 Å². The summed E-state index contributed by atoms with van der Waals surface area (Å²) in [6.45, 7) is 8.30. The van der Waals surface area contributed by atoms with E-state index in [-0.39, 0.29) is 47.4 Å². The summed E-state index contributed by atoms with van der Waals surface area (Å²) in [6, 6.07) is 14.0. The summed E-state index contributed by atoms with van der Waals surface area (Å²) >= 11 is 6.25. The molecule has 0 atom stereocenters. The Hall–Kier alpha value is -3.52. The van der Waals surface area contributed by atoms with Crippen LogP contribution in [0.25, 0.3) is 22.2 Å². The lowest BCUT2D eigenvalue weighted by Gasteiger charge is -2.25. The largest absolute Gasteiger partial charge is 0.419 e. The lowest BCUT2D eigenvalue weighted by Crippen LogP contribution is -2.38. The Labute approximate surface area is 202 Å². The molecule has 0 spiro atoms. The highest BCUT2D eigenvalue weighted by Gasteiger charge is 2.26. The van der Waals surface area contributed by atoms with E-state index in [1.165, 1.54) is 4.68 Å². The molecule has 4 rings (SSSR count). The van der Waals surface area contributed by atoms with E-state index in [0.717, 1.165) is 0 Å². The first-order valence-corrected chi connectivity index (χ1v) is 11.5. The summed E-state index contributed by atoms with van der Waals surface area (Å²) in [4.78, 5) is 28.3. The zero-order chi connectivity index (χ0) is 24.4. The molecule has 0 unspecified atom stereocenters. The maximum atomic E-state index is 13.7. The van der Waals surface area contributed by atoms with Gasteiger partial charge in [-0.1, -0.05) is 55.8 Å². The number of benzene rings is 2. The summed E-state index contributed by atoms with van der Waals surface area (Å²) in [6.07, 6.45) is 0. The third-order valence-electron chi connectivity index (χ3n) is 5.37. The van der Waals surface area contributed by atoms with Crippen LogP contribution >= 0.6 is 11.6 Å². The molecule has 176 valence electrons. The Kier molecular flexibility index (Phi) is 6.79. The Balaban J connectivity index is 1.71. The molecule has 8 nitrogen and oxygen atoms in total. The van der Waals surface area contributed by atoms with Crippen molar-refractivity contribution in [2.24, 2.45) is 5.92 Å². The number of carbonyl (C=O) groups is 1. The fourth-order valence-corrected chi connectivity index (χ4v) is 3.91. The van der Waals surface area contributed by atoms with Crippen LogP contribution in [0.1, 0.15) is 44.1 Å². The van der Waals surface area contributed by atoms with Crippen LogP contribution in [0.2, 0.25) is 5.02 Å². The average molecular weight is 480 g/mol. The van der Waals surface area contributed by atoms with Crippen LogP contribution in [0.15, 0.2) is 57.7 Å². The van der Waals surface area contributed by atoms with Gasteiger partial charge in [0, 0.05) is 18.0 Å². The SMILES string of the molecule is CC(C)Cn1nc(C(=O)N(Cc2nnc(-c3ccccc3Cl)o2)C(C)C)c2ccccc2c1=O. The van der Waals surface area contributed by atoms with Gasteiger partial charge >= 0.3 is 0 Å². The molecule has 2 heterocycles. The number of aromatic nitrogens is 4. The minimum atomic E-state index is -0.318. The third-order valence-corrected chi connectivity index (χ3v) is 5.70. The van der Waals surface area contributed by atoms with Crippen molar-refractivity contribution in [3.05, 3.63) is 75.5 Å². The van der Waals surface area contributed by atoms with Gasteiger partial charge in [-0.3, -0.25) is 9.59 Å². The fraction of sp³-hybridized carbons (Fsp3) is 0.320. The van der Waals surface area contributed by atoms with E-state index < -0.39 is 0 Å². The minimum Gasteiger partial charge on any atom is -0.419 e. The molecule has 0 saturated carbocycles. The summed E-state index contributed by atoms with van der Waals surface area (Å²) in [5, 5.41) is 14.2. The van der Waals surface area contributed by atoms with Gasteiger partial charge in [-0.2, -0.15) is 5.10 Å². The molecule has 0 fully saturated rings. The zero-order valence-electron chi connectivity index (χ0n) is 19.5. The molecule has 0 radical (unpaired) electrons. The molecule has 0 aliphatic carbocycles. The van der Waals surface area contributed by atoms with E-state index in [9.17, 15) is 9.59 Å². The van der Waals surface area contributed by atoms with Crippen LogP contribution in [0.3, 0.4) is 0 Å². The number of rotatable bonds is 7. The predicted octanol–water partition coefficient (Wildman–Crippen LogP) is 4.81. The number of halogens is 1. The zero-order valence-corrected chi connectivity index (χ0v) is 20.3. The normalized spacial score (nSPS) is 11.5. The van der Waals surface area contributed by atoms with E-state index in [1.54, 1.807) is 41.3 Å². The number of hydrogen-bond donors (Lipinski definition) is 0. The Bertz CT molecular complexity index is 1390. The highest BCUT2D eigenvalue weighted by molar-refractivity contribution is 6.33. The maximum Gasteiger partial charge on any atom is 0.275 e. The van der Waals surface area contributed by atoms with Crippen molar-refractivity contribution < 1.29 is 9.21 Å². The monoisotopic (exact) mass is 479 g/mol. The average Bonchev–Trinajstić information content (AvgIpc) is 3.27. The highest BCUT2D eigenvalue weighted by atomic mass is 35.5. The van der Waals surface area contributed by atoms with E-state index in [0.29, 0.717) is 27.9 Å². The first kappa shape index (κ1) is 23.6. The standard InChI is InChI=1S/C25H26ClN5O3/c1-15(2)13-31-24(32)18-10-6-5-9-17(18)22(29-31)25(33)30(16(3)4)14-21-27-28-23(34-21)19-11-7-8-12-20(19)26/h5-12,15-16H,13-14H2,1-4H3. The molecule has 0 aliphatic rings. The molecule has 0 saturated heterocycles.